The largest absolute Gasteiger partial charge is 0.390 e. The Balaban J connectivity index is 2.04. The Hall–Kier alpha value is -0.430. The van der Waals surface area contributed by atoms with Gasteiger partial charge in [0.2, 0.25) is 0 Å². The van der Waals surface area contributed by atoms with E-state index in [9.17, 15) is 5.11 Å². The summed E-state index contributed by atoms with van der Waals surface area (Å²) >= 11 is 3.60. The SMILES string of the molecule is CCc1nn(C)c(CC(O)C2CN(C(C)C)CCO2)c1Br. The van der Waals surface area contributed by atoms with Crippen LogP contribution in [-0.2, 0) is 24.6 Å². The number of aliphatic hydroxyl groups is 1. The number of ether oxygens (including phenoxy) is 1. The molecule has 5 nitrogen and oxygen atoms in total. The number of aryl methyl sites for hydroxylation is 2. The first-order valence-electron chi connectivity index (χ1n) is 7.68. The number of morpholine rings is 1. The fraction of sp³-hybridized carbons (Fsp3) is 0.800. The molecule has 1 aliphatic heterocycles. The van der Waals surface area contributed by atoms with Crippen LogP contribution in [0.25, 0.3) is 0 Å². The highest BCUT2D eigenvalue weighted by Gasteiger charge is 2.29. The van der Waals surface area contributed by atoms with Crippen LogP contribution in [0.2, 0.25) is 0 Å². The average molecular weight is 360 g/mol. The Morgan fingerprint density at radius 3 is 2.76 bits per heavy atom. The van der Waals surface area contributed by atoms with E-state index in [1.165, 1.54) is 0 Å². The second kappa shape index (κ2) is 7.22. The Morgan fingerprint density at radius 2 is 2.19 bits per heavy atom. The standard InChI is InChI=1S/C15H26BrN3O2/c1-5-11-15(16)12(18(4)17-11)8-13(20)14-9-19(10(2)3)6-7-21-14/h10,13-14,20H,5-9H2,1-4H3. The summed E-state index contributed by atoms with van der Waals surface area (Å²) in [5.41, 5.74) is 2.07. The summed E-state index contributed by atoms with van der Waals surface area (Å²) in [7, 11) is 1.92. The molecule has 1 saturated heterocycles. The molecule has 2 atom stereocenters. The summed E-state index contributed by atoms with van der Waals surface area (Å²) in [5, 5.41) is 15.0. The van der Waals surface area contributed by atoms with Gasteiger partial charge in [-0.25, -0.2) is 0 Å². The maximum Gasteiger partial charge on any atom is 0.0964 e. The molecule has 1 aliphatic rings. The third kappa shape index (κ3) is 3.86. The van der Waals surface area contributed by atoms with Gasteiger partial charge in [-0.05, 0) is 36.2 Å². The molecule has 0 aliphatic carbocycles. The Bertz CT molecular complexity index is 476. The van der Waals surface area contributed by atoms with E-state index in [1.54, 1.807) is 0 Å². The molecule has 0 saturated carbocycles. The van der Waals surface area contributed by atoms with E-state index in [0.717, 1.165) is 35.4 Å². The molecule has 6 heteroatoms. The van der Waals surface area contributed by atoms with Crippen molar-refractivity contribution < 1.29 is 9.84 Å². The van der Waals surface area contributed by atoms with Gasteiger partial charge in [-0.2, -0.15) is 5.10 Å². The maximum absolute atomic E-state index is 10.5. The Morgan fingerprint density at radius 1 is 1.48 bits per heavy atom. The van der Waals surface area contributed by atoms with Crippen molar-refractivity contribution in [2.75, 3.05) is 19.7 Å². The zero-order valence-corrected chi connectivity index (χ0v) is 14.9. The van der Waals surface area contributed by atoms with Crippen LogP contribution in [0.1, 0.15) is 32.2 Å². The molecule has 2 heterocycles. The lowest BCUT2D eigenvalue weighted by Crippen LogP contribution is -2.50. The predicted octanol–water partition coefficient (Wildman–Crippen LogP) is 1.76. The fourth-order valence-electron chi connectivity index (χ4n) is 2.77. The lowest BCUT2D eigenvalue weighted by Gasteiger charge is -2.37. The number of halogens is 1. The normalized spacial score (nSPS) is 22.0. The van der Waals surface area contributed by atoms with Gasteiger partial charge in [-0.15, -0.1) is 0 Å². The van der Waals surface area contributed by atoms with Crippen LogP contribution >= 0.6 is 15.9 Å². The van der Waals surface area contributed by atoms with Gasteiger partial charge in [-0.3, -0.25) is 9.58 Å². The molecule has 0 aromatic carbocycles. The van der Waals surface area contributed by atoms with Gasteiger partial charge in [0, 0.05) is 32.6 Å². The summed E-state index contributed by atoms with van der Waals surface area (Å²) in [4.78, 5) is 2.35. The van der Waals surface area contributed by atoms with Crippen molar-refractivity contribution >= 4 is 15.9 Å². The van der Waals surface area contributed by atoms with E-state index < -0.39 is 6.10 Å². The summed E-state index contributed by atoms with van der Waals surface area (Å²) in [6, 6.07) is 0.485. The molecule has 0 amide bonds. The van der Waals surface area contributed by atoms with Crippen molar-refractivity contribution in [1.82, 2.24) is 14.7 Å². The van der Waals surface area contributed by atoms with E-state index in [-0.39, 0.29) is 6.10 Å². The highest BCUT2D eigenvalue weighted by atomic mass is 79.9. The van der Waals surface area contributed by atoms with Crippen molar-refractivity contribution in [1.29, 1.82) is 0 Å². The smallest absolute Gasteiger partial charge is 0.0964 e. The topological polar surface area (TPSA) is 50.5 Å². The van der Waals surface area contributed by atoms with E-state index in [2.05, 4.69) is 46.7 Å². The molecule has 0 bridgehead atoms. The number of hydrogen-bond donors (Lipinski definition) is 1. The van der Waals surface area contributed by atoms with E-state index >= 15 is 0 Å². The highest BCUT2D eigenvalue weighted by Crippen LogP contribution is 2.24. The Kier molecular flexibility index (Phi) is 5.82. The number of rotatable bonds is 5. The second-order valence-electron chi connectivity index (χ2n) is 5.95. The molecule has 1 aromatic heterocycles. The zero-order chi connectivity index (χ0) is 15.6. The van der Waals surface area contributed by atoms with Crippen LogP contribution in [0, 0.1) is 0 Å². The molecule has 21 heavy (non-hydrogen) atoms. The predicted molar refractivity (Wildman–Crippen MR) is 86.4 cm³/mol. The van der Waals surface area contributed by atoms with Gasteiger partial charge in [0.15, 0.2) is 0 Å². The van der Waals surface area contributed by atoms with Crippen molar-refractivity contribution in [3.05, 3.63) is 15.9 Å². The van der Waals surface area contributed by atoms with Gasteiger partial charge in [0.25, 0.3) is 0 Å². The first-order valence-corrected chi connectivity index (χ1v) is 8.47. The van der Waals surface area contributed by atoms with E-state index in [1.807, 2.05) is 11.7 Å². The van der Waals surface area contributed by atoms with Crippen LogP contribution in [0.5, 0.6) is 0 Å². The third-order valence-corrected chi connectivity index (χ3v) is 5.11. The molecule has 0 radical (unpaired) electrons. The van der Waals surface area contributed by atoms with Crippen LogP contribution in [0.3, 0.4) is 0 Å². The first kappa shape index (κ1) is 16.9. The van der Waals surface area contributed by atoms with Crippen molar-refractivity contribution in [3.63, 3.8) is 0 Å². The zero-order valence-electron chi connectivity index (χ0n) is 13.3. The minimum atomic E-state index is -0.511. The molecular formula is C15H26BrN3O2. The van der Waals surface area contributed by atoms with Crippen LogP contribution < -0.4 is 0 Å². The third-order valence-electron chi connectivity index (χ3n) is 4.19. The summed E-state index contributed by atoms with van der Waals surface area (Å²) in [5.74, 6) is 0. The monoisotopic (exact) mass is 359 g/mol. The highest BCUT2D eigenvalue weighted by molar-refractivity contribution is 9.10. The van der Waals surface area contributed by atoms with Crippen molar-refractivity contribution in [2.45, 2.75) is 51.9 Å². The molecule has 1 N–H and O–H groups in total. The average Bonchev–Trinajstić information content (AvgIpc) is 2.74. The van der Waals surface area contributed by atoms with Crippen LogP contribution in [0.15, 0.2) is 4.47 Å². The molecule has 2 unspecified atom stereocenters. The van der Waals surface area contributed by atoms with Crippen LogP contribution in [-0.4, -0.2) is 57.7 Å². The molecule has 1 fully saturated rings. The fourth-order valence-corrected chi connectivity index (χ4v) is 3.55. The maximum atomic E-state index is 10.5. The van der Waals surface area contributed by atoms with Gasteiger partial charge < -0.3 is 9.84 Å². The minimum absolute atomic E-state index is 0.131. The van der Waals surface area contributed by atoms with E-state index in [0.29, 0.717) is 19.1 Å². The van der Waals surface area contributed by atoms with Gasteiger partial charge in [-0.1, -0.05) is 6.92 Å². The Labute approximate surface area is 135 Å². The van der Waals surface area contributed by atoms with E-state index in [4.69, 9.17) is 4.74 Å². The van der Waals surface area contributed by atoms with Gasteiger partial charge in [0.05, 0.1) is 34.7 Å². The summed E-state index contributed by atoms with van der Waals surface area (Å²) < 4.78 is 8.64. The minimum Gasteiger partial charge on any atom is -0.390 e. The van der Waals surface area contributed by atoms with Crippen molar-refractivity contribution in [2.24, 2.45) is 7.05 Å². The summed E-state index contributed by atoms with van der Waals surface area (Å²) in [6.07, 6.45) is 0.794. The molecular weight excluding hydrogens is 334 g/mol. The number of aliphatic hydroxyl groups excluding tert-OH is 1. The van der Waals surface area contributed by atoms with Gasteiger partial charge >= 0.3 is 0 Å². The lowest BCUT2D eigenvalue weighted by molar-refractivity contribution is -0.0944. The quantitative estimate of drug-likeness (QED) is 0.870. The number of aromatic nitrogens is 2. The summed E-state index contributed by atoms with van der Waals surface area (Å²) in [6.45, 7) is 8.86. The number of nitrogens with zero attached hydrogens (tertiary/aromatic N) is 3. The van der Waals surface area contributed by atoms with Gasteiger partial charge in [0.1, 0.15) is 0 Å². The lowest BCUT2D eigenvalue weighted by atomic mass is 10.1. The molecule has 0 spiro atoms. The molecule has 2 rings (SSSR count). The van der Waals surface area contributed by atoms with Crippen LogP contribution in [0.4, 0.5) is 0 Å². The second-order valence-corrected chi connectivity index (χ2v) is 6.75. The number of hydrogen-bond acceptors (Lipinski definition) is 4. The molecule has 120 valence electrons. The first-order chi connectivity index (χ1) is 9.93. The van der Waals surface area contributed by atoms with Crippen molar-refractivity contribution in [3.8, 4) is 0 Å². The molecule has 1 aromatic rings.